The Morgan fingerprint density at radius 1 is 1.44 bits per heavy atom. The van der Waals surface area contributed by atoms with Gasteiger partial charge >= 0.3 is 0 Å². The summed E-state index contributed by atoms with van der Waals surface area (Å²) in [5, 5.41) is 0. The van der Waals surface area contributed by atoms with Crippen LogP contribution in [0.2, 0.25) is 0 Å². The van der Waals surface area contributed by atoms with Crippen LogP contribution < -0.4 is 4.74 Å². The van der Waals surface area contributed by atoms with Gasteiger partial charge in [-0.2, -0.15) is 0 Å². The van der Waals surface area contributed by atoms with Gasteiger partial charge in [0.1, 0.15) is 5.75 Å². The van der Waals surface area contributed by atoms with Gasteiger partial charge in [-0.1, -0.05) is 12.1 Å². The van der Waals surface area contributed by atoms with Gasteiger partial charge < -0.3 is 9.64 Å². The lowest BCUT2D eigenvalue weighted by molar-refractivity contribution is 0.0744. The predicted octanol–water partition coefficient (Wildman–Crippen LogP) is 2.32. The average molecular weight is 219 g/mol. The van der Waals surface area contributed by atoms with Crippen molar-refractivity contribution in [3.05, 3.63) is 29.8 Å². The molecule has 0 saturated carbocycles. The van der Waals surface area contributed by atoms with Crippen LogP contribution >= 0.6 is 0 Å². The minimum Gasteiger partial charge on any atom is -0.496 e. The molecule has 86 valence electrons. The third-order valence-corrected chi connectivity index (χ3v) is 3.15. The summed E-state index contributed by atoms with van der Waals surface area (Å²) in [6.07, 6.45) is 2.20. The van der Waals surface area contributed by atoms with Gasteiger partial charge in [-0.15, -0.1) is 0 Å². The first-order chi connectivity index (χ1) is 7.74. The second-order valence-electron chi connectivity index (χ2n) is 4.19. The second-order valence-corrected chi connectivity index (χ2v) is 4.19. The highest BCUT2D eigenvalue weighted by atomic mass is 16.5. The van der Waals surface area contributed by atoms with Crippen molar-refractivity contribution < 1.29 is 9.53 Å². The molecule has 0 radical (unpaired) electrons. The molecule has 1 heterocycles. The highest BCUT2D eigenvalue weighted by Gasteiger charge is 2.27. The molecule has 0 bridgehead atoms. The topological polar surface area (TPSA) is 29.5 Å². The van der Waals surface area contributed by atoms with Crippen molar-refractivity contribution in [2.24, 2.45) is 0 Å². The summed E-state index contributed by atoms with van der Waals surface area (Å²) in [7, 11) is 1.60. The fourth-order valence-electron chi connectivity index (χ4n) is 2.21. The number of ether oxygens (including phenoxy) is 1. The van der Waals surface area contributed by atoms with Crippen molar-refractivity contribution in [2.45, 2.75) is 25.8 Å². The van der Waals surface area contributed by atoms with Gasteiger partial charge in [-0.25, -0.2) is 0 Å². The van der Waals surface area contributed by atoms with E-state index in [0.29, 0.717) is 17.4 Å². The number of benzene rings is 1. The summed E-state index contributed by atoms with van der Waals surface area (Å²) < 4.78 is 5.21. The van der Waals surface area contributed by atoms with Crippen LogP contribution in [0.1, 0.15) is 30.1 Å². The van der Waals surface area contributed by atoms with Crippen LogP contribution in [0.3, 0.4) is 0 Å². The summed E-state index contributed by atoms with van der Waals surface area (Å²) in [6.45, 7) is 2.96. The van der Waals surface area contributed by atoms with Crippen molar-refractivity contribution in [1.29, 1.82) is 0 Å². The normalized spacial score (nSPS) is 19.9. The van der Waals surface area contributed by atoms with Gasteiger partial charge in [0, 0.05) is 12.6 Å². The van der Waals surface area contributed by atoms with Gasteiger partial charge in [0.15, 0.2) is 0 Å². The Kier molecular flexibility index (Phi) is 3.13. The molecule has 2 rings (SSSR count). The number of methoxy groups -OCH3 is 1. The Morgan fingerprint density at radius 3 is 2.81 bits per heavy atom. The molecule has 0 spiro atoms. The molecular formula is C13H17NO2. The lowest BCUT2D eigenvalue weighted by Gasteiger charge is -2.22. The maximum atomic E-state index is 12.3. The number of carbonyl (C=O) groups is 1. The van der Waals surface area contributed by atoms with Crippen molar-refractivity contribution in [3.8, 4) is 5.75 Å². The summed E-state index contributed by atoms with van der Waals surface area (Å²) in [4.78, 5) is 14.2. The Hall–Kier alpha value is -1.51. The van der Waals surface area contributed by atoms with Gasteiger partial charge in [0.25, 0.3) is 5.91 Å². The van der Waals surface area contributed by atoms with E-state index in [-0.39, 0.29) is 5.91 Å². The number of rotatable bonds is 2. The molecule has 1 saturated heterocycles. The molecular weight excluding hydrogens is 202 g/mol. The first kappa shape index (κ1) is 11.0. The highest BCUT2D eigenvalue weighted by molar-refractivity contribution is 5.97. The first-order valence-corrected chi connectivity index (χ1v) is 5.68. The Labute approximate surface area is 96.0 Å². The molecule has 1 aromatic carbocycles. The van der Waals surface area contributed by atoms with E-state index in [1.807, 2.05) is 29.2 Å². The van der Waals surface area contributed by atoms with E-state index in [4.69, 9.17) is 4.74 Å². The summed E-state index contributed by atoms with van der Waals surface area (Å²) in [5.41, 5.74) is 0.666. The molecule has 1 atom stereocenters. The van der Waals surface area contributed by atoms with Crippen molar-refractivity contribution >= 4 is 5.91 Å². The minimum atomic E-state index is 0.0856. The smallest absolute Gasteiger partial charge is 0.257 e. The molecule has 0 aliphatic carbocycles. The van der Waals surface area contributed by atoms with Crippen molar-refractivity contribution in [3.63, 3.8) is 0 Å². The van der Waals surface area contributed by atoms with E-state index in [0.717, 1.165) is 19.4 Å². The number of para-hydroxylation sites is 1. The molecule has 1 aliphatic heterocycles. The van der Waals surface area contributed by atoms with E-state index < -0.39 is 0 Å². The maximum absolute atomic E-state index is 12.3. The Balaban J connectivity index is 2.26. The van der Waals surface area contributed by atoms with E-state index in [1.54, 1.807) is 7.11 Å². The third kappa shape index (κ3) is 1.90. The van der Waals surface area contributed by atoms with Crippen molar-refractivity contribution in [2.75, 3.05) is 13.7 Å². The molecule has 1 unspecified atom stereocenters. The number of hydrogen-bond acceptors (Lipinski definition) is 2. The Bertz CT molecular complexity index is 389. The number of likely N-dealkylation sites (tertiary alicyclic amines) is 1. The molecule has 0 aromatic heterocycles. The monoisotopic (exact) mass is 219 g/mol. The lowest BCUT2D eigenvalue weighted by atomic mass is 10.1. The number of carbonyl (C=O) groups excluding carboxylic acids is 1. The van der Waals surface area contributed by atoms with Crippen molar-refractivity contribution in [1.82, 2.24) is 4.90 Å². The zero-order valence-electron chi connectivity index (χ0n) is 9.77. The molecule has 1 fully saturated rings. The van der Waals surface area contributed by atoms with Crippen LogP contribution in [0.15, 0.2) is 24.3 Å². The standard InChI is InChI=1S/C13H17NO2/c1-10-6-5-9-14(10)13(15)11-7-3-4-8-12(11)16-2/h3-4,7-8,10H,5-6,9H2,1-2H3. The lowest BCUT2D eigenvalue weighted by Crippen LogP contribution is -2.33. The number of nitrogens with zero attached hydrogens (tertiary/aromatic N) is 1. The number of hydrogen-bond donors (Lipinski definition) is 0. The van der Waals surface area contributed by atoms with E-state index >= 15 is 0 Å². The molecule has 0 N–H and O–H groups in total. The quantitative estimate of drug-likeness (QED) is 0.764. The van der Waals surface area contributed by atoms with Crippen LogP contribution in [-0.4, -0.2) is 30.5 Å². The molecule has 3 nitrogen and oxygen atoms in total. The van der Waals surface area contributed by atoms with Crippen LogP contribution in [0, 0.1) is 0 Å². The third-order valence-electron chi connectivity index (χ3n) is 3.15. The fraction of sp³-hybridized carbons (Fsp3) is 0.462. The van der Waals surface area contributed by atoms with Gasteiger partial charge in [-0.3, -0.25) is 4.79 Å². The molecule has 1 aliphatic rings. The van der Waals surface area contributed by atoms with Gasteiger partial charge in [0.05, 0.1) is 12.7 Å². The zero-order valence-corrected chi connectivity index (χ0v) is 9.77. The molecule has 1 aromatic rings. The van der Waals surface area contributed by atoms with Crippen LogP contribution in [-0.2, 0) is 0 Å². The molecule has 1 amide bonds. The largest absolute Gasteiger partial charge is 0.496 e. The Morgan fingerprint density at radius 2 is 2.19 bits per heavy atom. The summed E-state index contributed by atoms with van der Waals surface area (Å²) >= 11 is 0. The van der Waals surface area contributed by atoms with Crippen LogP contribution in [0.4, 0.5) is 0 Å². The van der Waals surface area contributed by atoms with Crippen LogP contribution in [0.25, 0.3) is 0 Å². The first-order valence-electron chi connectivity index (χ1n) is 5.68. The van der Waals surface area contributed by atoms with Crippen LogP contribution in [0.5, 0.6) is 5.75 Å². The fourth-order valence-corrected chi connectivity index (χ4v) is 2.21. The van der Waals surface area contributed by atoms with E-state index in [1.165, 1.54) is 0 Å². The van der Waals surface area contributed by atoms with Gasteiger partial charge in [-0.05, 0) is 31.9 Å². The van der Waals surface area contributed by atoms with E-state index in [9.17, 15) is 4.79 Å². The summed E-state index contributed by atoms with van der Waals surface area (Å²) in [6, 6.07) is 7.75. The number of amides is 1. The zero-order chi connectivity index (χ0) is 11.5. The maximum Gasteiger partial charge on any atom is 0.257 e. The SMILES string of the molecule is COc1ccccc1C(=O)N1CCCC1C. The highest BCUT2D eigenvalue weighted by Crippen LogP contribution is 2.24. The van der Waals surface area contributed by atoms with E-state index in [2.05, 4.69) is 6.92 Å². The molecule has 16 heavy (non-hydrogen) atoms. The summed E-state index contributed by atoms with van der Waals surface area (Å²) in [5.74, 6) is 0.744. The predicted molar refractivity (Wildman–Crippen MR) is 62.7 cm³/mol. The molecule has 3 heteroatoms. The van der Waals surface area contributed by atoms with Gasteiger partial charge in [0.2, 0.25) is 0 Å². The minimum absolute atomic E-state index is 0.0856. The second kappa shape index (κ2) is 4.56. The average Bonchev–Trinajstić information content (AvgIpc) is 2.74.